The van der Waals surface area contributed by atoms with Crippen molar-refractivity contribution in [2.24, 2.45) is 0 Å². The monoisotopic (exact) mass is 347 g/mol. The van der Waals surface area contributed by atoms with Crippen LogP contribution in [-0.4, -0.2) is 28.3 Å². The summed E-state index contributed by atoms with van der Waals surface area (Å²) in [6.45, 7) is 4.76. The summed E-state index contributed by atoms with van der Waals surface area (Å²) in [6, 6.07) is 0.0735. The van der Waals surface area contributed by atoms with Gasteiger partial charge in [-0.3, -0.25) is 4.79 Å². The summed E-state index contributed by atoms with van der Waals surface area (Å²) in [4.78, 5) is 12.0. The maximum Gasteiger partial charge on any atom is 0.283 e. The SMILES string of the molecule is CSCCCCCNc1cnn(C(C)C)c(=O)c1Br. The predicted octanol–water partition coefficient (Wildman–Crippen LogP) is 3.53. The number of nitrogens with one attached hydrogen (secondary N) is 1. The van der Waals surface area contributed by atoms with Crippen LogP contribution in [0.25, 0.3) is 0 Å². The van der Waals surface area contributed by atoms with Gasteiger partial charge in [-0.25, -0.2) is 4.68 Å². The maximum absolute atomic E-state index is 12.0. The van der Waals surface area contributed by atoms with Crippen molar-refractivity contribution >= 4 is 33.4 Å². The lowest BCUT2D eigenvalue weighted by atomic mass is 10.2. The molecule has 1 aromatic rings. The molecule has 6 heteroatoms. The Kier molecular flexibility index (Phi) is 7.53. The molecule has 0 aromatic carbocycles. The zero-order valence-corrected chi connectivity index (χ0v) is 14.2. The van der Waals surface area contributed by atoms with Gasteiger partial charge in [-0.05, 0) is 54.6 Å². The van der Waals surface area contributed by atoms with E-state index in [0.29, 0.717) is 4.47 Å². The van der Waals surface area contributed by atoms with Crippen molar-refractivity contribution in [3.8, 4) is 0 Å². The summed E-state index contributed by atoms with van der Waals surface area (Å²) in [5, 5.41) is 7.44. The fourth-order valence-electron chi connectivity index (χ4n) is 1.71. The molecule has 108 valence electrons. The molecule has 1 heterocycles. The Hall–Kier alpha value is -0.490. The fourth-order valence-corrected chi connectivity index (χ4v) is 2.62. The van der Waals surface area contributed by atoms with Crippen LogP contribution in [0.3, 0.4) is 0 Å². The van der Waals surface area contributed by atoms with E-state index in [4.69, 9.17) is 0 Å². The molecule has 19 heavy (non-hydrogen) atoms. The van der Waals surface area contributed by atoms with Crippen LogP contribution in [0, 0.1) is 0 Å². The molecule has 0 radical (unpaired) electrons. The largest absolute Gasteiger partial charge is 0.383 e. The molecule has 0 atom stereocenters. The second-order valence-electron chi connectivity index (χ2n) is 4.70. The van der Waals surface area contributed by atoms with Crippen molar-refractivity contribution in [1.82, 2.24) is 9.78 Å². The zero-order valence-electron chi connectivity index (χ0n) is 11.8. The molecule has 0 aliphatic rings. The van der Waals surface area contributed by atoms with E-state index in [1.165, 1.54) is 23.3 Å². The first-order valence-electron chi connectivity index (χ1n) is 6.58. The minimum atomic E-state index is -0.0811. The Morgan fingerprint density at radius 2 is 2.16 bits per heavy atom. The maximum atomic E-state index is 12.0. The van der Waals surface area contributed by atoms with Crippen LogP contribution in [0.5, 0.6) is 0 Å². The van der Waals surface area contributed by atoms with Crippen molar-refractivity contribution in [2.45, 2.75) is 39.2 Å². The van der Waals surface area contributed by atoms with Crippen LogP contribution >= 0.6 is 27.7 Å². The normalized spacial score (nSPS) is 11.0. The van der Waals surface area contributed by atoms with Crippen LogP contribution in [0.15, 0.2) is 15.5 Å². The number of halogens is 1. The van der Waals surface area contributed by atoms with Gasteiger partial charge in [-0.2, -0.15) is 16.9 Å². The molecule has 4 nitrogen and oxygen atoms in total. The first kappa shape index (κ1) is 16.6. The van der Waals surface area contributed by atoms with Crippen LogP contribution < -0.4 is 10.9 Å². The van der Waals surface area contributed by atoms with Gasteiger partial charge >= 0.3 is 0 Å². The van der Waals surface area contributed by atoms with Gasteiger partial charge in [0.05, 0.1) is 17.9 Å². The quantitative estimate of drug-likeness (QED) is 0.730. The highest BCUT2D eigenvalue weighted by Gasteiger charge is 2.10. The van der Waals surface area contributed by atoms with E-state index in [2.05, 4.69) is 32.6 Å². The molecule has 1 rings (SSSR count). The molecular weight excluding hydrogens is 326 g/mol. The third-order valence-corrected chi connectivity index (χ3v) is 4.24. The first-order chi connectivity index (χ1) is 9.07. The summed E-state index contributed by atoms with van der Waals surface area (Å²) in [5.41, 5.74) is 0.703. The van der Waals surface area contributed by atoms with Crippen LogP contribution in [0.1, 0.15) is 39.2 Å². The zero-order chi connectivity index (χ0) is 14.3. The standard InChI is InChI=1S/C13H22BrN3OS/c1-10(2)17-13(18)12(14)11(9-16-17)15-7-5-4-6-8-19-3/h9-10,15H,4-8H2,1-3H3. The average molecular weight is 348 g/mol. The highest BCUT2D eigenvalue weighted by atomic mass is 79.9. The van der Waals surface area contributed by atoms with Gasteiger partial charge in [0.1, 0.15) is 4.47 Å². The van der Waals surface area contributed by atoms with Crippen molar-refractivity contribution in [2.75, 3.05) is 23.9 Å². The van der Waals surface area contributed by atoms with Crippen LogP contribution in [0.4, 0.5) is 5.69 Å². The van der Waals surface area contributed by atoms with E-state index >= 15 is 0 Å². The lowest BCUT2D eigenvalue weighted by Crippen LogP contribution is -2.26. The fraction of sp³-hybridized carbons (Fsp3) is 0.692. The number of thioether (sulfide) groups is 1. The molecule has 0 amide bonds. The third kappa shape index (κ3) is 5.18. The summed E-state index contributed by atoms with van der Waals surface area (Å²) < 4.78 is 2.05. The molecule has 0 saturated heterocycles. The predicted molar refractivity (Wildman–Crippen MR) is 87.3 cm³/mol. The Bertz CT molecular complexity index is 448. The van der Waals surface area contributed by atoms with E-state index in [1.807, 2.05) is 25.6 Å². The molecule has 0 spiro atoms. The van der Waals surface area contributed by atoms with E-state index in [0.717, 1.165) is 18.7 Å². The van der Waals surface area contributed by atoms with E-state index < -0.39 is 0 Å². The third-order valence-electron chi connectivity index (χ3n) is 2.77. The van der Waals surface area contributed by atoms with E-state index in [9.17, 15) is 4.79 Å². The number of hydrogen-bond acceptors (Lipinski definition) is 4. The average Bonchev–Trinajstić information content (AvgIpc) is 2.38. The van der Waals surface area contributed by atoms with Crippen molar-refractivity contribution in [1.29, 1.82) is 0 Å². The molecule has 0 saturated carbocycles. The summed E-state index contributed by atoms with van der Waals surface area (Å²) in [6.07, 6.45) is 7.41. The molecule has 0 bridgehead atoms. The topological polar surface area (TPSA) is 46.9 Å². The van der Waals surface area contributed by atoms with Gasteiger partial charge in [-0.15, -0.1) is 0 Å². The molecule has 0 fully saturated rings. The number of nitrogens with zero attached hydrogens (tertiary/aromatic N) is 2. The summed E-state index contributed by atoms with van der Waals surface area (Å²) in [7, 11) is 0. The molecule has 0 aliphatic heterocycles. The Balaban J connectivity index is 2.51. The van der Waals surface area contributed by atoms with Gasteiger partial charge in [0, 0.05) is 6.54 Å². The highest BCUT2D eigenvalue weighted by molar-refractivity contribution is 9.10. The number of unbranched alkanes of at least 4 members (excludes halogenated alkanes) is 2. The lowest BCUT2D eigenvalue weighted by molar-refractivity contribution is 0.501. The second kappa shape index (κ2) is 8.64. The number of rotatable bonds is 8. The van der Waals surface area contributed by atoms with Gasteiger partial charge < -0.3 is 5.32 Å². The van der Waals surface area contributed by atoms with Crippen LogP contribution in [0.2, 0.25) is 0 Å². The number of anilines is 1. The molecule has 0 unspecified atom stereocenters. The Morgan fingerprint density at radius 1 is 1.42 bits per heavy atom. The lowest BCUT2D eigenvalue weighted by Gasteiger charge is -2.12. The second-order valence-corrected chi connectivity index (χ2v) is 6.47. The van der Waals surface area contributed by atoms with Gasteiger partial charge in [0.2, 0.25) is 0 Å². The minimum Gasteiger partial charge on any atom is -0.383 e. The van der Waals surface area contributed by atoms with Crippen molar-refractivity contribution < 1.29 is 0 Å². The summed E-state index contributed by atoms with van der Waals surface area (Å²) in [5.74, 6) is 1.22. The molecule has 1 N–H and O–H groups in total. The van der Waals surface area contributed by atoms with Crippen molar-refractivity contribution in [3.05, 3.63) is 21.0 Å². The number of aromatic nitrogens is 2. The van der Waals surface area contributed by atoms with Crippen LogP contribution in [-0.2, 0) is 0 Å². The number of hydrogen-bond donors (Lipinski definition) is 1. The molecule has 1 aromatic heterocycles. The Morgan fingerprint density at radius 3 is 2.79 bits per heavy atom. The van der Waals surface area contributed by atoms with Gasteiger partial charge in [-0.1, -0.05) is 6.42 Å². The van der Waals surface area contributed by atoms with Gasteiger partial charge in [0.25, 0.3) is 5.56 Å². The Labute approximate surface area is 127 Å². The van der Waals surface area contributed by atoms with Crippen molar-refractivity contribution in [3.63, 3.8) is 0 Å². The van der Waals surface area contributed by atoms with Gasteiger partial charge in [0.15, 0.2) is 0 Å². The first-order valence-corrected chi connectivity index (χ1v) is 8.76. The summed E-state index contributed by atoms with van der Waals surface area (Å²) >= 11 is 5.24. The molecule has 0 aliphatic carbocycles. The molecular formula is C13H22BrN3OS. The van der Waals surface area contributed by atoms with E-state index in [-0.39, 0.29) is 11.6 Å². The smallest absolute Gasteiger partial charge is 0.283 e. The minimum absolute atomic E-state index is 0.0735. The highest BCUT2D eigenvalue weighted by Crippen LogP contribution is 2.17. The van der Waals surface area contributed by atoms with E-state index in [1.54, 1.807) is 6.20 Å².